The summed E-state index contributed by atoms with van der Waals surface area (Å²) in [5.41, 5.74) is 3.26. The summed E-state index contributed by atoms with van der Waals surface area (Å²) in [5.74, 6) is 0.789. The maximum atomic E-state index is 13.6. The summed E-state index contributed by atoms with van der Waals surface area (Å²) < 4.78 is 0. The third kappa shape index (κ3) is 4.05. The fraction of sp³-hybridized carbons (Fsp3) is 0.320. The largest absolute Gasteiger partial charge is 0.350 e. The van der Waals surface area contributed by atoms with Gasteiger partial charge in [-0.1, -0.05) is 41.4 Å². The number of hydrogen-bond acceptors (Lipinski definition) is 4. The number of amides is 2. The third-order valence-electron chi connectivity index (χ3n) is 6.36. The smallest absolute Gasteiger partial charge is 0.274 e. The Morgan fingerprint density at radius 3 is 2.72 bits per heavy atom. The summed E-state index contributed by atoms with van der Waals surface area (Å²) in [7, 11) is 0. The minimum absolute atomic E-state index is 0.00360. The number of aryl methyl sites for hydroxylation is 2. The number of likely N-dealkylation sites (tertiary alicyclic amines) is 1. The number of nitrogens with one attached hydrogen (secondary N) is 1. The topological polar surface area (TPSA) is 62.3 Å². The predicted molar refractivity (Wildman–Crippen MR) is 127 cm³/mol. The van der Waals surface area contributed by atoms with Crippen LogP contribution >= 0.6 is 22.9 Å². The van der Waals surface area contributed by atoms with Gasteiger partial charge >= 0.3 is 0 Å². The monoisotopic (exact) mass is 465 g/mol. The number of benzene rings is 2. The summed E-state index contributed by atoms with van der Waals surface area (Å²) in [5, 5.41) is 4.49. The van der Waals surface area contributed by atoms with Crippen LogP contribution in [0.15, 0.2) is 48.5 Å². The number of aromatic nitrogens is 1. The van der Waals surface area contributed by atoms with Crippen LogP contribution in [0.4, 0.5) is 0 Å². The number of fused-ring (bicyclic) bond motifs is 1. The summed E-state index contributed by atoms with van der Waals surface area (Å²) in [6.07, 6.45) is 1.12. The molecule has 2 fully saturated rings. The highest BCUT2D eigenvalue weighted by atomic mass is 35.5. The first kappa shape index (κ1) is 21.2. The predicted octanol–water partition coefficient (Wildman–Crippen LogP) is 4.97. The normalized spacial score (nSPS) is 21.3. The molecule has 5 nitrogen and oxygen atoms in total. The molecule has 1 aliphatic carbocycles. The lowest BCUT2D eigenvalue weighted by atomic mass is 10.1. The molecule has 1 N–H and O–H groups in total. The van der Waals surface area contributed by atoms with E-state index in [1.54, 1.807) is 35.6 Å². The molecule has 32 heavy (non-hydrogen) atoms. The van der Waals surface area contributed by atoms with Crippen LogP contribution in [0.2, 0.25) is 5.02 Å². The van der Waals surface area contributed by atoms with Gasteiger partial charge in [-0.2, -0.15) is 0 Å². The van der Waals surface area contributed by atoms with Gasteiger partial charge in [-0.3, -0.25) is 9.59 Å². The van der Waals surface area contributed by atoms with Crippen LogP contribution in [0.1, 0.15) is 37.8 Å². The van der Waals surface area contributed by atoms with Gasteiger partial charge in [0.05, 0.1) is 15.9 Å². The lowest BCUT2D eigenvalue weighted by Gasteiger charge is -2.27. The van der Waals surface area contributed by atoms with Crippen LogP contribution in [-0.4, -0.2) is 40.8 Å². The first-order valence-electron chi connectivity index (χ1n) is 10.8. The number of thiazole rings is 1. The molecule has 1 aliphatic heterocycles. The van der Waals surface area contributed by atoms with Crippen molar-refractivity contribution in [1.29, 1.82) is 0 Å². The van der Waals surface area contributed by atoms with Crippen molar-refractivity contribution in [2.24, 2.45) is 11.8 Å². The van der Waals surface area contributed by atoms with E-state index in [0.29, 0.717) is 34.7 Å². The fourth-order valence-electron chi connectivity index (χ4n) is 4.66. The lowest BCUT2D eigenvalue weighted by molar-refractivity contribution is 0.0690. The number of carbonyl (C=O) groups is 2. The van der Waals surface area contributed by atoms with Crippen molar-refractivity contribution in [2.75, 3.05) is 13.1 Å². The van der Waals surface area contributed by atoms with E-state index >= 15 is 0 Å². The van der Waals surface area contributed by atoms with Gasteiger partial charge in [-0.25, -0.2) is 4.98 Å². The van der Waals surface area contributed by atoms with Crippen molar-refractivity contribution in [3.05, 3.63) is 75.4 Å². The third-order valence-corrected chi connectivity index (χ3v) is 7.63. The van der Waals surface area contributed by atoms with Crippen LogP contribution < -0.4 is 5.32 Å². The number of halogens is 1. The van der Waals surface area contributed by atoms with Gasteiger partial charge in [0.25, 0.3) is 11.8 Å². The highest BCUT2D eigenvalue weighted by molar-refractivity contribution is 7.15. The summed E-state index contributed by atoms with van der Waals surface area (Å²) >= 11 is 7.47. The van der Waals surface area contributed by atoms with Crippen molar-refractivity contribution in [3.63, 3.8) is 0 Å². The molecule has 3 aromatic rings. The van der Waals surface area contributed by atoms with E-state index in [1.165, 1.54) is 0 Å². The van der Waals surface area contributed by atoms with Crippen molar-refractivity contribution < 1.29 is 9.59 Å². The second-order valence-electron chi connectivity index (χ2n) is 8.68. The summed E-state index contributed by atoms with van der Waals surface area (Å²) in [4.78, 5) is 33.7. The zero-order chi connectivity index (χ0) is 22.4. The molecule has 1 aromatic heterocycles. The maximum absolute atomic E-state index is 13.6. The molecular weight excluding hydrogens is 442 g/mol. The molecule has 3 atom stereocenters. The number of piperidine rings is 1. The molecule has 164 valence electrons. The van der Waals surface area contributed by atoms with E-state index in [0.717, 1.165) is 34.0 Å². The van der Waals surface area contributed by atoms with E-state index in [2.05, 4.69) is 16.4 Å². The molecule has 7 heteroatoms. The molecule has 2 amide bonds. The van der Waals surface area contributed by atoms with Crippen LogP contribution in [0.25, 0.3) is 10.4 Å². The Kier molecular flexibility index (Phi) is 5.51. The number of hydrogen-bond donors (Lipinski definition) is 1. The first-order valence-corrected chi connectivity index (χ1v) is 12.0. The Labute approximate surface area is 196 Å². The number of nitrogens with zero attached hydrogens (tertiary/aromatic N) is 2. The Bertz CT molecular complexity index is 1190. The SMILES string of the molecule is Cc1cccc(-c2sc(C)nc2C(=O)N2C[C@@H]3C[C@@H]3[C@H]2CNC(=O)c2ccc(Cl)cc2)c1. The molecule has 2 aliphatic rings. The average Bonchev–Trinajstić information content (AvgIpc) is 3.29. The molecule has 2 heterocycles. The molecule has 1 saturated carbocycles. The standard InChI is InChI=1S/C25H24ClN3O2S/c1-14-4-3-5-17(10-14)23-22(28-15(2)32-23)25(31)29-13-18-11-20(18)21(29)12-27-24(30)16-6-8-19(26)9-7-16/h3-10,18,20-21H,11-13H2,1-2H3,(H,27,30)/t18-,20-,21+/m0/s1. The van der Waals surface area contributed by atoms with Gasteiger partial charge in [-0.15, -0.1) is 11.3 Å². The molecule has 5 rings (SSSR count). The molecule has 0 bridgehead atoms. The van der Waals surface area contributed by atoms with Gasteiger partial charge < -0.3 is 10.2 Å². The Morgan fingerprint density at radius 2 is 1.97 bits per heavy atom. The second kappa shape index (κ2) is 8.34. The molecule has 1 saturated heterocycles. The van der Waals surface area contributed by atoms with Gasteiger partial charge in [0.2, 0.25) is 0 Å². The molecule has 0 radical (unpaired) electrons. The van der Waals surface area contributed by atoms with Crippen molar-refractivity contribution in [1.82, 2.24) is 15.2 Å². The van der Waals surface area contributed by atoms with Crippen LogP contribution in [-0.2, 0) is 0 Å². The molecule has 0 spiro atoms. The fourth-order valence-corrected chi connectivity index (χ4v) is 5.69. The zero-order valence-electron chi connectivity index (χ0n) is 18.0. The highest BCUT2D eigenvalue weighted by Crippen LogP contribution is 2.50. The summed E-state index contributed by atoms with van der Waals surface area (Å²) in [6.45, 7) is 5.16. The van der Waals surface area contributed by atoms with Gasteiger partial charge in [-0.05, 0) is 61.9 Å². The quantitative estimate of drug-likeness (QED) is 0.578. The molecule has 2 aromatic carbocycles. The lowest BCUT2D eigenvalue weighted by Crippen LogP contribution is -2.45. The Morgan fingerprint density at radius 1 is 1.19 bits per heavy atom. The number of rotatable bonds is 5. The van der Waals surface area contributed by atoms with Gasteiger partial charge in [0, 0.05) is 23.7 Å². The van der Waals surface area contributed by atoms with E-state index in [1.807, 2.05) is 36.9 Å². The van der Waals surface area contributed by atoms with E-state index in [9.17, 15) is 9.59 Å². The first-order chi connectivity index (χ1) is 15.4. The second-order valence-corrected chi connectivity index (χ2v) is 10.3. The Hall–Kier alpha value is -2.70. The number of carbonyl (C=O) groups excluding carboxylic acids is 2. The maximum Gasteiger partial charge on any atom is 0.274 e. The molecule has 0 unspecified atom stereocenters. The highest BCUT2D eigenvalue weighted by Gasteiger charge is 2.54. The minimum Gasteiger partial charge on any atom is -0.350 e. The van der Waals surface area contributed by atoms with Crippen LogP contribution in [0, 0.1) is 25.7 Å². The van der Waals surface area contributed by atoms with Crippen molar-refractivity contribution in [3.8, 4) is 10.4 Å². The summed E-state index contributed by atoms with van der Waals surface area (Å²) in [6, 6.07) is 15.0. The van der Waals surface area contributed by atoms with Crippen LogP contribution in [0.3, 0.4) is 0 Å². The van der Waals surface area contributed by atoms with Crippen molar-refractivity contribution >= 4 is 34.8 Å². The van der Waals surface area contributed by atoms with E-state index < -0.39 is 0 Å². The van der Waals surface area contributed by atoms with Crippen LogP contribution in [0.5, 0.6) is 0 Å². The molecular formula is C25H24ClN3O2S. The van der Waals surface area contributed by atoms with Gasteiger partial charge in [0.1, 0.15) is 5.69 Å². The van der Waals surface area contributed by atoms with Gasteiger partial charge in [0.15, 0.2) is 0 Å². The van der Waals surface area contributed by atoms with E-state index in [-0.39, 0.29) is 17.9 Å². The zero-order valence-corrected chi connectivity index (χ0v) is 19.5. The minimum atomic E-state index is -0.150. The van der Waals surface area contributed by atoms with E-state index in [4.69, 9.17) is 11.6 Å². The Balaban J connectivity index is 1.35. The van der Waals surface area contributed by atoms with Crippen molar-refractivity contribution in [2.45, 2.75) is 26.3 Å². The average molecular weight is 466 g/mol.